The monoisotopic (exact) mass is 636 g/mol. The summed E-state index contributed by atoms with van der Waals surface area (Å²) in [7, 11) is 0. The van der Waals surface area contributed by atoms with Crippen molar-refractivity contribution in [3.63, 3.8) is 0 Å². The van der Waals surface area contributed by atoms with Gasteiger partial charge in [-0.3, -0.25) is 0 Å². The summed E-state index contributed by atoms with van der Waals surface area (Å²) >= 11 is 0. The van der Waals surface area contributed by atoms with E-state index < -0.39 is 5.79 Å². The summed E-state index contributed by atoms with van der Waals surface area (Å²) in [4.78, 5) is 19.1. The normalized spacial score (nSPS) is 20.4. The van der Waals surface area contributed by atoms with Crippen molar-refractivity contribution in [2.75, 3.05) is 49.2 Å². The number of piperazine rings is 1. The molecular weight excluding hydrogens is 596 g/mol. The van der Waals surface area contributed by atoms with Crippen molar-refractivity contribution in [3.05, 3.63) is 114 Å². The highest BCUT2D eigenvalue weighted by Gasteiger charge is 2.44. The van der Waals surface area contributed by atoms with Crippen molar-refractivity contribution in [3.8, 4) is 11.4 Å². The smallest absolute Gasteiger partial charge is 0.350 e. The van der Waals surface area contributed by atoms with E-state index in [4.69, 9.17) is 14.2 Å². The molecule has 0 N–H and O–H groups in total. The molecule has 0 aliphatic carbocycles. The maximum absolute atomic E-state index is 12.8. The van der Waals surface area contributed by atoms with Gasteiger partial charge in [0.05, 0.1) is 30.7 Å². The number of anilines is 2. The molecule has 12 heteroatoms. The van der Waals surface area contributed by atoms with Gasteiger partial charge in [-0.25, -0.2) is 14.0 Å². The fraction of sp³-hybridized carbons (Fsp3) is 0.371. The maximum atomic E-state index is 12.8. The van der Waals surface area contributed by atoms with Gasteiger partial charge in [0.2, 0.25) is 5.79 Å². The Kier molecular flexibility index (Phi) is 8.77. The first kappa shape index (κ1) is 30.7. The first-order valence-corrected chi connectivity index (χ1v) is 16.2. The molecule has 0 saturated carbocycles. The summed E-state index contributed by atoms with van der Waals surface area (Å²) in [6.07, 6.45) is 5.51. The Morgan fingerprint density at radius 3 is 2.11 bits per heavy atom. The second-order valence-corrected chi connectivity index (χ2v) is 12.0. The average Bonchev–Trinajstić information content (AvgIpc) is 3.89. The van der Waals surface area contributed by atoms with Crippen LogP contribution < -0.4 is 20.2 Å². The predicted molar refractivity (Wildman–Crippen MR) is 178 cm³/mol. The van der Waals surface area contributed by atoms with Gasteiger partial charge in [0.1, 0.15) is 31.3 Å². The fourth-order valence-electron chi connectivity index (χ4n) is 6.13. The molecule has 2 aliphatic heterocycles. The first-order chi connectivity index (χ1) is 23.0. The molecule has 5 aromatic rings. The number of aromatic nitrogens is 6. The van der Waals surface area contributed by atoms with Crippen LogP contribution in [0.4, 0.5) is 11.4 Å². The SMILES string of the molecule is CC[C@H](C)n1ncn(-c2ccc(N3CCN(c4ccc(OC[C@@H]5CO[C@@](Cn6nccn6)(c6ccccc6)O5)cc4)CC3)cc2)c1=O. The Morgan fingerprint density at radius 1 is 0.851 bits per heavy atom. The number of hydrogen-bond acceptors (Lipinski definition) is 9. The Morgan fingerprint density at radius 2 is 1.47 bits per heavy atom. The number of benzene rings is 3. The maximum Gasteiger partial charge on any atom is 0.350 e. The van der Waals surface area contributed by atoms with E-state index in [1.165, 1.54) is 5.69 Å². The minimum atomic E-state index is -0.973. The van der Waals surface area contributed by atoms with Crippen LogP contribution >= 0.6 is 0 Å². The Labute approximate surface area is 273 Å². The molecule has 4 heterocycles. The van der Waals surface area contributed by atoms with Crippen LogP contribution in [-0.4, -0.2) is 74.8 Å². The molecule has 0 bridgehead atoms. The van der Waals surface area contributed by atoms with Crippen molar-refractivity contribution in [2.24, 2.45) is 0 Å². The largest absolute Gasteiger partial charge is 0.491 e. The Hall–Kier alpha value is -4.94. The van der Waals surface area contributed by atoms with E-state index in [2.05, 4.69) is 56.3 Å². The number of rotatable bonds is 11. The van der Waals surface area contributed by atoms with Crippen LogP contribution in [0.15, 0.2) is 102 Å². The number of hydrogen-bond donors (Lipinski definition) is 0. The van der Waals surface area contributed by atoms with Gasteiger partial charge in [0, 0.05) is 43.1 Å². The van der Waals surface area contributed by atoms with Crippen molar-refractivity contribution in [2.45, 2.75) is 44.7 Å². The van der Waals surface area contributed by atoms with Crippen LogP contribution in [0.2, 0.25) is 0 Å². The van der Waals surface area contributed by atoms with Gasteiger partial charge in [-0.1, -0.05) is 37.3 Å². The number of nitrogens with zero attached hydrogens (tertiary/aromatic N) is 8. The van der Waals surface area contributed by atoms with Crippen molar-refractivity contribution < 1.29 is 14.2 Å². The van der Waals surface area contributed by atoms with E-state index in [0.29, 0.717) is 19.8 Å². The highest BCUT2D eigenvalue weighted by atomic mass is 16.8. The quantitative estimate of drug-likeness (QED) is 0.210. The van der Waals surface area contributed by atoms with Gasteiger partial charge in [0.15, 0.2) is 0 Å². The molecule has 2 aromatic heterocycles. The van der Waals surface area contributed by atoms with Crippen LogP contribution in [0, 0.1) is 0 Å². The topological polar surface area (TPSA) is 105 Å². The molecule has 0 spiro atoms. The number of ether oxygens (including phenoxy) is 3. The minimum absolute atomic E-state index is 0.0721. The van der Waals surface area contributed by atoms with Crippen LogP contribution in [-0.2, 0) is 21.8 Å². The summed E-state index contributed by atoms with van der Waals surface area (Å²) in [5, 5.41) is 12.8. The zero-order valence-electron chi connectivity index (χ0n) is 26.8. The standard InChI is InChI=1S/C35H40N8O4/c1-3-27(2)43-34(44)41(26-38-43)31-11-9-29(10-12-31)39-19-21-40(22-20-39)30-13-15-32(16-14-30)45-23-33-24-46-35(47-33,25-42-36-17-18-37-42)28-7-5-4-6-8-28/h4-18,26-27,33H,3,19-25H2,1-2H3/t27-,33+,35+/m0/s1. The summed E-state index contributed by atoms with van der Waals surface area (Å²) in [5.74, 6) is -0.185. The van der Waals surface area contributed by atoms with E-state index in [0.717, 1.165) is 55.3 Å². The van der Waals surface area contributed by atoms with Crippen LogP contribution in [0.3, 0.4) is 0 Å². The molecule has 47 heavy (non-hydrogen) atoms. The molecule has 2 saturated heterocycles. The summed E-state index contributed by atoms with van der Waals surface area (Å²) in [6.45, 7) is 8.79. The van der Waals surface area contributed by atoms with Crippen LogP contribution in [0.25, 0.3) is 5.69 Å². The lowest BCUT2D eigenvalue weighted by Gasteiger charge is -2.37. The van der Waals surface area contributed by atoms with E-state index in [-0.39, 0.29) is 17.8 Å². The first-order valence-electron chi connectivity index (χ1n) is 16.2. The van der Waals surface area contributed by atoms with Crippen molar-refractivity contribution in [1.29, 1.82) is 0 Å². The van der Waals surface area contributed by atoms with Crippen LogP contribution in [0.5, 0.6) is 5.75 Å². The van der Waals surface area contributed by atoms with Gasteiger partial charge in [-0.15, -0.1) is 0 Å². The van der Waals surface area contributed by atoms with Crippen molar-refractivity contribution >= 4 is 11.4 Å². The van der Waals surface area contributed by atoms with Crippen LogP contribution in [0.1, 0.15) is 31.9 Å². The molecule has 2 fully saturated rings. The molecular formula is C35H40N8O4. The second kappa shape index (κ2) is 13.4. The third-order valence-corrected chi connectivity index (χ3v) is 9.00. The Bertz CT molecular complexity index is 1780. The van der Waals surface area contributed by atoms with Gasteiger partial charge < -0.3 is 24.0 Å². The van der Waals surface area contributed by atoms with Gasteiger partial charge >= 0.3 is 5.69 Å². The molecule has 3 aromatic carbocycles. The van der Waals surface area contributed by atoms with Gasteiger partial charge in [0.25, 0.3) is 0 Å². The zero-order valence-corrected chi connectivity index (χ0v) is 26.8. The molecule has 12 nitrogen and oxygen atoms in total. The third kappa shape index (κ3) is 6.51. The highest BCUT2D eigenvalue weighted by molar-refractivity contribution is 5.54. The summed E-state index contributed by atoms with van der Waals surface area (Å²) < 4.78 is 22.0. The molecule has 0 unspecified atom stereocenters. The van der Waals surface area contributed by atoms with E-state index in [1.54, 1.807) is 32.8 Å². The highest BCUT2D eigenvalue weighted by Crippen LogP contribution is 2.36. The third-order valence-electron chi connectivity index (χ3n) is 9.00. The average molecular weight is 637 g/mol. The van der Waals surface area contributed by atoms with E-state index in [1.807, 2.05) is 61.5 Å². The lowest BCUT2D eigenvalue weighted by Crippen LogP contribution is -2.46. The second-order valence-electron chi connectivity index (χ2n) is 12.0. The van der Waals surface area contributed by atoms with Crippen molar-refractivity contribution in [1.82, 2.24) is 29.3 Å². The summed E-state index contributed by atoms with van der Waals surface area (Å²) in [6, 6.07) is 26.4. The van der Waals surface area contributed by atoms with Gasteiger partial charge in [-0.2, -0.15) is 20.1 Å². The lowest BCUT2D eigenvalue weighted by molar-refractivity contribution is -0.192. The molecule has 0 radical (unpaired) electrons. The molecule has 7 rings (SSSR count). The fourth-order valence-corrected chi connectivity index (χ4v) is 6.13. The molecule has 2 aliphatic rings. The summed E-state index contributed by atoms with van der Waals surface area (Å²) in [5.41, 5.74) is 3.95. The van der Waals surface area contributed by atoms with Gasteiger partial charge in [-0.05, 0) is 61.9 Å². The Balaban J connectivity index is 0.913. The van der Waals surface area contributed by atoms with E-state index >= 15 is 0 Å². The zero-order chi connectivity index (χ0) is 32.2. The minimum Gasteiger partial charge on any atom is -0.491 e. The molecule has 3 atom stereocenters. The predicted octanol–water partition coefficient (Wildman–Crippen LogP) is 4.27. The lowest BCUT2D eigenvalue weighted by atomic mass is 10.1. The molecule has 244 valence electrons. The molecule has 0 amide bonds. The van der Waals surface area contributed by atoms with E-state index in [9.17, 15) is 4.79 Å².